The van der Waals surface area contributed by atoms with E-state index in [4.69, 9.17) is 0 Å². The second kappa shape index (κ2) is 4.97. The van der Waals surface area contributed by atoms with Gasteiger partial charge >= 0.3 is 6.09 Å². The lowest BCUT2D eigenvalue weighted by molar-refractivity contribution is 0.183. The number of fused-ring (bicyclic) bond motifs is 1. The van der Waals surface area contributed by atoms with E-state index in [-0.39, 0.29) is 16.1 Å². The van der Waals surface area contributed by atoms with Crippen molar-refractivity contribution >= 4 is 33.7 Å². The van der Waals surface area contributed by atoms with Crippen LogP contribution >= 0.6 is 11.3 Å². The Labute approximate surface area is 106 Å². The summed E-state index contributed by atoms with van der Waals surface area (Å²) in [6.07, 6.45) is 0.193. The van der Waals surface area contributed by atoms with Crippen LogP contribution in [0.15, 0.2) is 34.1 Å². The predicted octanol–water partition coefficient (Wildman–Crippen LogP) is 2.15. The number of methoxy groups -OCH3 is 1. The van der Waals surface area contributed by atoms with Crippen molar-refractivity contribution in [1.29, 1.82) is 0 Å². The first-order valence-corrected chi connectivity index (χ1v) is 5.82. The van der Waals surface area contributed by atoms with E-state index >= 15 is 0 Å². The van der Waals surface area contributed by atoms with E-state index in [1.165, 1.54) is 7.11 Å². The molecule has 2 aromatic rings. The summed E-state index contributed by atoms with van der Waals surface area (Å²) in [7, 11) is 1.18. The van der Waals surface area contributed by atoms with Crippen LogP contribution in [-0.2, 0) is 4.74 Å². The van der Waals surface area contributed by atoms with Crippen LogP contribution in [0.2, 0.25) is 0 Å². The molecule has 18 heavy (non-hydrogen) atoms. The number of hydrogen-bond acceptors (Lipinski definition) is 5. The third-order valence-electron chi connectivity index (χ3n) is 2.29. The Kier molecular flexibility index (Phi) is 3.38. The largest absolute Gasteiger partial charge is 0.499 e. The zero-order valence-electron chi connectivity index (χ0n) is 9.41. The van der Waals surface area contributed by atoms with Crippen LogP contribution in [0.1, 0.15) is 5.56 Å². The second-order valence-electron chi connectivity index (χ2n) is 3.37. The Morgan fingerprint density at radius 3 is 2.89 bits per heavy atom. The molecule has 2 rings (SSSR count). The number of hydrogen-bond donors (Lipinski definition) is 1. The van der Waals surface area contributed by atoms with Gasteiger partial charge in [0.15, 0.2) is 5.06 Å². The molecule has 1 N–H and O–H groups in total. The molecule has 1 aromatic heterocycles. The molecule has 0 saturated carbocycles. The average Bonchev–Trinajstić information content (AvgIpc) is 2.38. The minimum Gasteiger partial charge on any atom is -0.499 e. The topological polar surface area (TPSA) is 76.0 Å². The van der Waals surface area contributed by atoms with Gasteiger partial charge in [-0.3, -0.25) is 4.79 Å². The van der Waals surface area contributed by atoms with E-state index in [1.54, 1.807) is 24.3 Å². The van der Waals surface area contributed by atoms with Crippen LogP contribution in [0.5, 0.6) is 5.06 Å². The van der Waals surface area contributed by atoms with Crippen LogP contribution in [-0.4, -0.2) is 24.5 Å². The molecule has 1 aromatic carbocycles. The predicted molar refractivity (Wildman–Crippen MR) is 69.8 cm³/mol. The van der Waals surface area contributed by atoms with Gasteiger partial charge in [0.1, 0.15) is 0 Å². The summed E-state index contributed by atoms with van der Waals surface area (Å²) < 4.78 is 5.00. The number of amides is 1. The first-order valence-electron chi connectivity index (χ1n) is 5.00. The van der Waals surface area contributed by atoms with E-state index in [9.17, 15) is 14.7 Å². The van der Waals surface area contributed by atoms with Gasteiger partial charge in [0, 0.05) is 10.1 Å². The van der Waals surface area contributed by atoms with Crippen molar-refractivity contribution in [3.63, 3.8) is 0 Å². The molecule has 0 saturated heterocycles. The molecule has 1 amide bonds. The lowest BCUT2D eigenvalue weighted by Gasteiger charge is -2.00. The molecule has 0 aliphatic heterocycles. The maximum Gasteiger partial charge on any atom is 0.433 e. The Bertz CT molecular complexity index is 690. The maximum absolute atomic E-state index is 12.1. The molecule has 5 nitrogen and oxygen atoms in total. The summed E-state index contributed by atoms with van der Waals surface area (Å²) in [5, 5.41) is 10.1. The van der Waals surface area contributed by atoms with Crippen molar-refractivity contribution in [3.8, 4) is 5.06 Å². The van der Waals surface area contributed by atoms with Crippen LogP contribution in [0.25, 0.3) is 10.1 Å². The molecule has 0 aliphatic carbocycles. The van der Waals surface area contributed by atoms with Gasteiger partial charge in [0.25, 0.3) is 0 Å². The van der Waals surface area contributed by atoms with Crippen molar-refractivity contribution in [2.75, 3.05) is 7.11 Å². The average molecular weight is 263 g/mol. The van der Waals surface area contributed by atoms with Crippen LogP contribution in [0.4, 0.5) is 4.79 Å². The monoisotopic (exact) mass is 263 g/mol. The van der Waals surface area contributed by atoms with Gasteiger partial charge in [-0.2, -0.15) is 4.99 Å². The summed E-state index contributed by atoms with van der Waals surface area (Å²) in [5.74, 6) is 0. The summed E-state index contributed by atoms with van der Waals surface area (Å²) in [6.45, 7) is 0. The van der Waals surface area contributed by atoms with E-state index in [0.717, 1.165) is 17.6 Å². The minimum atomic E-state index is -0.827. The molecule has 0 radical (unpaired) electrons. The molecule has 92 valence electrons. The number of nitrogens with zero attached hydrogens (tertiary/aromatic N) is 1. The fourth-order valence-corrected chi connectivity index (χ4v) is 2.31. The van der Waals surface area contributed by atoms with Gasteiger partial charge in [0.2, 0.25) is 5.43 Å². The van der Waals surface area contributed by atoms with Gasteiger partial charge < -0.3 is 9.84 Å². The molecule has 0 atom stereocenters. The van der Waals surface area contributed by atoms with Crippen molar-refractivity contribution in [1.82, 2.24) is 0 Å². The molecule has 0 spiro atoms. The Balaban J connectivity index is 2.61. The zero-order valence-corrected chi connectivity index (χ0v) is 10.2. The van der Waals surface area contributed by atoms with Crippen LogP contribution < -0.4 is 5.43 Å². The molecule has 0 fully saturated rings. The van der Waals surface area contributed by atoms with Crippen molar-refractivity contribution in [3.05, 3.63) is 40.1 Å². The third kappa shape index (κ3) is 2.23. The molecule has 6 heteroatoms. The van der Waals surface area contributed by atoms with Gasteiger partial charge in [-0.05, 0) is 12.1 Å². The summed E-state index contributed by atoms with van der Waals surface area (Å²) >= 11 is 1.05. The van der Waals surface area contributed by atoms with Crippen molar-refractivity contribution < 1.29 is 14.6 Å². The molecule has 1 heterocycles. The fraction of sp³-hybridized carbons (Fsp3) is 0.0833. The number of aromatic hydroxyl groups is 1. The van der Waals surface area contributed by atoms with Gasteiger partial charge in [-0.25, -0.2) is 4.79 Å². The number of carbonyl (C=O) groups excluding carboxylic acids is 1. The standard InChI is InChI=1S/C12H9NO4S/c1-17-12(16)13-6-8-10(14)7-4-2-3-5-9(7)18-11(8)15/h2-6,15H,1H3/b13-6+. The Hall–Kier alpha value is -2.21. The number of carbonyl (C=O) groups is 1. The SMILES string of the molecule is COC(=O)/N=C/c1c(O)sc2ccccc2c1=O. The van der Waals surface area contributed by atoms with Crippen molar-refractivity contribution in [2.24, 2.45) is 4.99 Å². The third-order valence-corrected chi connectivity index (χ3v) is 3.28. The van der Waals surface area contributed by atoms with E-state index in [2.05, 4.69) is 9.73 Å². The molecule has 0 bridgehead atoms. The van der Waals surface area contributed by atoms with Crippen LogP contribution in [0, 0.1) is 0 Å². The Morgan fingerprint density at radius 2 is 2.17 bits per heavy atom. The normalized spacial score (nSPS) is 10.9. The number of rotatable bonds is 1. The lowest BCUT2D eigenvalue weighted by atomic mass is 10.2. The van der Waals surface area contributed by atoms with Crippen molar-refractivity contribution in [2.45, 2.75) is 0 Å². The second-order valence-corrected chi connectivity index (χ2v) is 4.41. The van der Waals surface area contributed by atoms with E-state index in [1.807, 2.05) is 0 Å². The quantitative estimate of drug-likeness (QED) is 0.800. The Morgan fingerprint density at radius 1 is 1.44 bits per heavy atom. The van der Waals surface area contributed by atoms with Gasteiger partial charge in [0.05, 0.1) is 18.9 Å². The highest BCUT2D eigenvalue weighted by Crippen LogP contribution is 2.26. The zero-order chi connectivity index (χ0) is 13.1. The first kappa shape index (κ1) is 12.3. The fourth-order valence-electron chi connectivity index (χ4n) is 1.43. The highest BCUT2D eigenvalue weighted by molar-refractivity contribution is 7.20. The van der Waals surface area contributed by atoms with Crippen LogP contribution in [0.3, 0.4) is 0 Å². The van der Waals surface area contributed by atoms with Gasteiger partial charge in [-0.1, -0.05) is 23.5 Å². The lowest BCUT2D eigenvalue weighted by Crippen LogP contribution is -2.08. The molecular weight excluding hydrogens is 254 g/mol. The van der Waals surface area contributed by atoms with Gasteiger partial charge in [-0.15, -0.1) is 0 Å². The minimum absolute atomic E-state index is 0.0101. The highest BCUT2D eigenvalue weighted by Gasteiger charge is 2.10. The first-order chi connectivity index (χ1) is 8.63. The summed E-state index contributed by atoms with van der Waals surface area (Å²) in [6, 6.07) is 6.90. The number of aliphatic imine (C=N–C) groups is 1. The maximum atomic E-state index is 12.1. The summed E-state index contributed by atoms with van der Waals surface area (Å²) in [5.41, 5.74) is -0.376. The van der Waals surface area contributed by atoms with E-state index in [0.29, 0.717) is 10.1 Å². The molecular formula is C12H9NO4S. The smallest absolute Gasteiger partial charge is 0.433 e. The number of ether oxygens (including phenoxy) is 1. The van der Waals surface area contributed by atoms with E-state index < -0.39 is 6.09 Å². The molecule has 0 unspecified atom stereocenters. The molecule has 0 aliphatic rings. The number of benzene rings is 1. The highest BCUT2D eigenvalue weighted by atomic mass is 32.1. The summed E-state index contributed by atoms with van der Waals surface area (Å²) in [4.78, 5) is 26.3.